The average Bonchev–Trinajstić information content (AvgIpc) is 1.85. The molecule has 0 fully saturated rings. The molecule has 5 heteroatoms. The van der Waals surface area contributed by atoms with E-state index >= 15 is 0 Å². The lowest BCUT2D eigenvalue weighted by Crippen LogP contribution is -2.33. The van der Waals surface area contributed by atoms with Crippen molar-refractivity contribution < 1.29 is 19.7 Å². The molecule has 0 atom stereocenters. The van der Waals surface area contributed by atoms with Gasteiger partial charge in [-0.2, -0.15) is 0 Å². The lowest BCUT2D eigenvalue weighted by molar-refractivity contribution is -0.145. The highest BCUT2D eigenvalue weighted by Gasteiger charge is 2.02. The number of hydrogen-bond acceptors (Lipinski definition) is 5. The number of aliphatic hydroxyl groups excluding tert-OH is 1. The fourth-order valence-electron chi connectivity index (χ4n) is 0.387. The summed E-state index contributed by atoms with van der Waals surface area (Å²) in [6.45, 7) is 1.78. The molecule has 0 rings (SSSR count). The van der Waals surface area contributed by atoms with Gasteiger partial charge in [-0.3, -0.25) is 10.1 Å². The van der Waals surface area contributed by atoms with Crippen LogP contribution in [-0.2, 0) is 9.53 Å². The van der Waals surface area contributed by atoms with E-state index in [9.17, 15) is 4.79 Å². The van der Waals surface area contributed by atoms with Crippen molar-refractivity contribution in [1.82, 2.24) is 5.32 Å². The first-order valence-corrected chi connectivity index (χ1v) is 2.92. The highest BCUT2D eigenvalue weighted by molar-refractivity contribution is 5.71. The van der Waals surface area contributed by atoms with E-state index in [0.717, 1.165) is 0 Å². The first-order valence-electron chi connectivity index (χ1n) is 2.92. The second kappa shape index (κ2) is 5.16. The van der Waals surface area contributed by atoms with Gasteiger partial charge < -0.3 is 14.9 Å². The van der Waals surface area contributed by atoms with E-state index in [2.05, 4.69) is 10.1 Å². The van der Waals surface area contributed by atoms with Crippen LogP contribution in [0, 0.1) is 0 Å². The Kier molecular flexibility index (Phi) is 4.82. The molecule has 0 aliphatic carbocycles. The number of ether oxygens (including phenoxy) is 1. The third-order valence-electron chi connectivity index (χ3n) is 0.734. The van der Waals surface area contributed by atoms with Crippen LogP contribution in [0.15, 0.2) is 0 Å². The van der Waals surface area contributed by atoms with Gasteiger partial charge in [-0.25, -0.2) is 0 Å². The summed E-state index contributed by atoms with van der Waals surface area (Å²) >= 11 is 0. The average molecular weight is 149 g/mol. The van der Waals surface area contributed by atoms with Crippen molar-refractivity contribution in [2.24, 2.45) is 0 Å². The number of esters is 1. The van der Waals surface area contributed by atoms with E-state index in [4.69, 9.17) is 10.2 Å². The zero-order valence-corrected chi connectivity index (χ0v) is 5.70. The molecule has 0 saturated carbocycles. The summed E-state index contributed by atoms with van der Waals surface area (Å²) in [5, 5.41) is 18.5. The fraction of sp³-hybridized carbons (Fsp3) is 0.800. The molecule has 10 heavy (non-hydrogen) atoms. The largest absolute Gasteiger partial charge is 0.465 e. The quantitative estimate of drug-likeness (QED) is 0.331. The number of carbonyl (C=O) groups excluding carboxylic acids is 1. The standard InChI is InChI=1S/C5H11NO4/c1-2-10-4(7)3-6-5(8)9/h5-6,8-9H,2-3H2,1H3. The number of aliphatic hydroxyl groups is 2. The zero-order valence-electron chi connectivity index (χ0n) is 5.70. The van der Waals surface area contributed by atoms with Crippen molar-refractivity contribution in [3.8, 4) is 0 Å². The Morgan fingerprint density at radius 1 is 1.70 bits per heavy atom. The van der Waals surface area contributed by atoms with Crippen molar-refractivity contribution in [3.63, 3.8) is 0 Å². The van der Waals surface area contributed by atoms with Gasteiger partial charge >= 0.3 is 5.97 Å². The third kappa shape index (κ3) is 5.49. The zero-order chi connectivity index (χ0) is 7.98. The minimum absolute atomic E-state index is 0.189. The van der Waals surface area contributed by atoms with Gasteiger partial charge in [0.25, 0.3) is 0 Å². The molecule has 60 valence electrons. The van der Waals surface area contributed by atoms with Gasteiger partial charge in [0, 0.05) is 0 Å². The summed E-state index contributed by atoms with van der Waals surface area (Å²) in [6.07, 6.45) is -1.66. The van der Waals surface area contributed by atoms with Crippen LogP contribution >= 0.6 is 0 Å². The van der Waals surface area contributed by atoms with Gasteiger partial charge in [0.1, 0.15) is 0 Å². The smallest absolute Gasteiger partial charge is 0.320 e. The van der Waals surface area contributed by atoms with Crippen LogP contribution in [0.3, 0.4) is 0 Å². The predicted octanol–water partition coefficient (Wildman–Crippen LogP) is -1.59. The summed E-state index contributed by atoms with van der Waals surface area (Å²) in [7, 11) is 0. The minimum atomic E-state index is -1.66. The Hall–Kier alpha value is -0.650. The summed E-state index contributed by atoms with van der Waals surface area (Å²) in [4.78, 5) is 10.4. The van der Waals surface area contributed by atoms with Crippen LogP contribution in [0.4, 0.5) is 0 Å². The number of rotatable bonds is 4. The minimum Gasteiger partial charge on any atom is -0.465 e. The Balaban J connectivity index is 3.22. The molecule has 0 heterocycles. The molecule has 0 radical (unpaired) electrons. The van der Waals surface area contributed by atoms with Crippen LogP contribution in [0.25, 0.3) is 0 Å². The normalized spacial score (nSPS) is 10.0. The van der Waals surface area contributed by atoms with Crippen LogP contribution in [-0.4, -0.2) is 35.7 Å². The molecule has 0 amide bonds. The molecule has 0 aliphatic rings. The summed E-state index contributed by atoms with van der Waals surface area (Å²) in [5.41, 5.74) is 0. The molecule has 3 N–H and O–H groups in total. The van der Waals surface area contributed by atoms with Crippen molar-refractivity contribution in [2.75, 3.05) is 13.2 Å². The van der Waals surface area contributed by atoms with E-state index in [0.29, 0.717) is 6.61 Å². The van der Waals surface area contributed by atoms with Crippen LogP contribution < -0.4 is 5.32 Å². The lowest BCUT2D eigenvalue weighted by Gasteiger charge is -2.04. The van der Waals surface area contributed by atoms with E-state index < -0.39 is 12.4 Å². The summed E-state index contributed by atoms with van der Waals surface area (Å²) < 4.78 is 4.47. The number of hydrogen-bond donors (Lipinski definition) is 3. The highest BCUT2D eigenvalue weighted by atomic mass is 16.5. The van der Waals surface area contributed by atoms with E-state index in [1.54, 1.807) is 6.92 Å². The topological polar surface area (TPSA) is 78.8 Å². The molecular formula is C5H11NO4. The van der Waals surface area contributed by atoms with Gasteiger partial charge in [0.15, 0.2) is 0 Å². The molecule has 0 unspecified atom stereocenters. The Labute approximate surface area is 58.6 Å². The van der Waals surface area contributed by atoms with E-state index in [-0.39, 0.29) is 6.54 Å². The van der Waals surface area contributed by atoms with E-state index in [1.807, 2.05) is 0 Å². The fourth-order valence-corrected chi connectivity index (χ4v) is 0.387. The first kappa shape index (κ1) is 9.35. The SMILES string of the molecule is CCOC(=O)CNC(O)O. The molecule has 0 bridgehead atoms. The van der Waals surface area contributed by atoms with Crippen LogP contribution in [0.5, 0.6) is 0 Å². The van der Waals surface area contributed by atoms with Crippen molar-refractivity contribution >= 4 is 5.97 Å². The maximum atomic E-state index is 10.4. The second-order valence-electron chi connectivity index (χ2n) is 1.56. The molecule has 0 aromatic carbocycles. The number of nitrogens with one attached hydrogen (secondary N) is 1. The summed E-state index contributed by atoms with van der Waals surface area (Å²) in [6, 6.07) is 0. The second-order valence-corrected chi connectivity index (χ2v) is 1.56. The maximum absolute atomic E-state index is 10.4. The van der Waals surface area contributed by atoms with Crippen molar-refractivity contribution in [2.45, 2.75) is 13.3 Å². The Bertz CT molecular complexity index is 104. The van der Waals surface area contributed by atoms with Gasteiger partial charge in [0.05, 0.1) is 13.2 Å². The molecule has 0 aromatic heterocycles. The third-order valence-corrected chi connectivity index (χ3v) is 0.734. The van der Waals surface area contributed by atoms with Gasteiger partial charge in [0.2, 0.25) is 6.41 Å². The monoisotopic (exact) mass is 149 g/mol. The molecule has 5 nitrogen and oxygen atoms in total. The van der Waals surface area contributed by atoms with Gasteiger partial charge in [-0.05, 0) is 6.92 Å². The lowest BCUT2D eigenvalue weighted by atomic mass is 10.6. The highest BCUT2D eigenvalue weighted by Crippen LogP contribution is 1.75. The molecule has 0 aliphatic heterocycles. The molecule has 0 spiro atoms. The van der Waals surface area contributed by atoms with Gasteiger partial charge in [-0.1, -0.05) is 0 Å². The molecule has 0 saturated heterocycles. The molecule has 0 aromatic rings. The predicted molar refractivity (Wildman–Crippen MR) is 32.9 cm³/mol. The van der Waals surface area contributed by atoms with Crippen molar-refractivity contribution in [3.05, 3.63) is 0 Å². The van der Waals surface area contributed by atoms with Crippen molar-refractivity contribution in [1.29, 1.82) is 0 Å². The number of carbonyl (C=O) groups is 1. The van der Waals surface area contributed by atoms with Gasteiger partial charge in [-0.15, -0.1) is 0 Å². The maximum Gasteiger partial charge on any atom is 0.320 e. The first-order chi connectivity index (χ1) is 4.66. The Morgan fingerprint density at radius 3 is 2.70 bits per heavy atom. The Morgan fingerprint density at radius 2 is 2.30 bits per heavy atom. The van der Waals surface area contributed by atoms with Crippen LogP contribution in [0.1, 0.15) is 6.92 Å². The molecular weight excluding hydrogens is 138 g/mol. The summed E-state index contributed by atoms with van der Waals surface area (Å²) in [5.74, 6) is -0.504. The van der Waals surface area contributed by atoms with E-state index in [1.165, 1.54) is 0 Å². The van der Waals surface area contributed by atoms with Crippen LogP contribution in [0.2, 0.25) is 0 Å².